The van der Waals surface area contributed by atoms with Gasteiger partial charge < -0.3 is 15.4 Å². The molecule has 1 aliphatic heterocycles. The van der Waals surface area contributed by atoms with Crippen LogP contribution in [0.5, 0.6) is 0 Å². The second kappa shape index (κ2) is 6.87. The Morgan fingerprint density at radius 1 is 1.32 bits per heavy atom. The fourth-order valence-corrected chi connectivity index (χ4v) is 2.48. The lowest BCUT2D eigenvalue weighted by molar-refractivity contribution is 0.0277. The highest BCUT2D eigenvalue weighted by atomic mass is 35.5. The van der Waals surface area contributed by atoms with E-state index in [1.54, 1.807) is 6.07 Å². The number of hydrogen-bond donors (Lipinski definition) is 2. The van der Waals surface area contributed by atoms with Gasteiger partial charge in [0.05, 0.1) is 12.7 Å². The van der Waals surface area contributed by atoms with Crippen LogP contribution in [0, 0.1) is 0 Å². The van der Waals surface area contributed by atoms with Crippen LogP contribution in [0.15, 0.2) is 42.6 Å². The lowest BCUT2D eigenvalue weighted by Crippen LogP contribution is -2.33. The van der Waals surface area contributed by atoms with Crippen LogP contribution in [-0.2, 0) is 4.74 Å². The fraction of sp³-hybridized carbons (Fsp3) is 0.250. The van der Waals surface area contributed by atoms with Gasteiger partial charge in [-0.15, -0.1) is 0 Å². The van der Waals surface area contributed by atoms with Crippen molar-refractivity contribution >= 4 is 23.2 Å². The van der Waals surface area contributed by atoms with E-state index < -0.39 is 0 Å². The van der Waals surface area contributed by atoms with E-state index in [1.807, 2.05) is 24.3 Å². The van der Waals surface area contributed by atoms with Crippen LogP contribution in [0.25, 0.3) is 0 Å². The van der Waals surface area contributed by atoms with Crippen molar-refractivity contribution < 1.29 is 9.53 Å². The second-order valence-corrected chi connectivity index (χ2v) is 5.39. The van der Waals surface area contributed by atoms with Crippen molar-refractivity contribution in [2.75, 3.05) is 25.0 Å². The minimum atomic E-state index is -0.215. The third-order valence-electron chi connectivity index (χ3n) is 3.46. The van der Waals surface area contributed by atoms with Crippen molar-refractivity contribution in [3.8, 4) is 0 Å². The van der Waals surface area contributed by atoms with Gasteiger partial charge in [0.2, 0.25) is 0 Å². The van der Waals surface area contributed by atoms with Gasteiger partial charge in [0.25, 0.3) is 5.91 Å². The maximum absolute atomic E-state index is 12.1. The van der Waals surface area contributed by atoms with Crippen LogP contribution in [0.3, 0.4) is 0 Å². The molecular weight excluding hydrogens is 302 g/mol. The molecule has 1 amide bonds. The Labute approximate surface area is 133 Å². The smallest absolute Gasteiger partial charge is 0.255 e. The van der Waals surface area contributed by atoms with Crippen LogP contribution in [-0.4, -0.2) is 30.6 Å². The molecule has 2 heterocycles. The van der Waals surface area contributed by atoms with Gasteiger partial charge in [0, 0.05) is 30.5 Å². The van der Waals surface area contributed by atoms with E-state index in [2.05, 4.69) is 15.6 Å². The molecule has 22 heavy (non-hydrogen) atoms. The summed E-state index contributed by atoms with van der Waals surface area (Å²) in [6.07, 6.45) is 1.57. The molecule has 0 saturated carbocycles. The molecule has 3 rings (SSSR count). The molecule has 0 unspecified atom stereocenters. The van der Waals surface area contributed by atoms with Crippen LogP contribution < -0.4 is 10.6 Å². The molecule has 1 saturated heterocycles. The first-order valence-electron chi connectivity index (χ1n) is 7.07. The molecule has 0 spiro atoms. The first-order chi connectivity index (χ1) is 10.7. The monoisotopic (exact) mass is 317 g/mol. The van der Waals surface area contributed by atoms with Crippen molar-refractivity contribution in [2.45, 2.75) is 6.10 Å². The Hall–Kier alpha value is -1.95. The lowest BCUT2D eigenvalue weighted by Gasteiger charge is -2.24. The van der Waals surface area contributed by atoms with Gasteiger partial charge in [-0.2, -0.15) is 0 Å². The average Bonchev–Trinajstić information content (AvgIpc) is 2.56. The summed E-state index contributed by atoms with van der Waals surface area (Å²) in [5.74, 6) is -0.215. The first-order valence-corrected chi connectivity index (χ1v) is 7.45. The summed E-state index contributed by atoms with van der Waals surface area (Å²) in [6.45, 7) is 2.41. The Kier molecular flexibility index (Phi) is 4.68. The maximum Gasteiger partial charge on any atom is 0.255 e. The van der Waals surface area contributed by atoms with E-state index >= 15 is 0 Å². The molecule has 0 aliphatic carbocycles. The van der Waals surface area contributed by atoms with E-state index in [0.717, 1.165) is 24.3 Å². The molecule has 5 nitrogen and oxygen atoms in total. The van der Waals surface area contributed by atoms with Gasteiger partial charge in [-0.3, -0.25) is 4.79 Å². The van der Waals surface area contributed by atoms with E-state index in [-0.39, 0.29) is 12.0 Å². The zero-order valence-corrected chi connectivity index (χ0v) is 12.6. The molecule has 1 fully saturated rings. The first kappa shape index (κ1) is 15.0. The van der Waals surface area contributed by atoms with Crippen LogP contribution in [0.1, 0.15) is 22.0 Å². The third kappa shape index (κ3) is 3.62. The normalized spacial score (nSPS) is 18.0. The van der Waals surface area contributed by atoms with Gasteiger partial charge in [-0.05, 0) is 29.8 Å². The number of amides is 1. The molecule has 1 aliphatic rings. The van der Waals surface area contributed by atoms with Crippen LogP contribution in [0.4, 0.5) is 5.69 Å². The van der Waals surface area contributed by atoms with Crippen molar-refractivity contribution in [1.29, 1.82) is 0 Å². The number of anilines is 1. The molecule has 2 N–H and O–H groups in total. The highest BCUT2D eigenvalue weighted by molar-refractivity contribution is 6.29. The van der Waals surface area contributed by atoms with Gasteiger partial charge in [0.15, 0.2) is 0 Å². The van der Waals surface area contributed by atoms with Crippen LogP contribution in [0.2, 0.25) is 5.15 Å². The van der Waals surface area contributed by atoms with Crippen molar-refractivity contribution in [3.05, 3.63) is 58.9 Å². The summed E-state index contributed by atoms with van der Waals surface area (Å²) in [5, 5.41) is 6.42. The summed E-state index contributed by atoms with van der Waals surface area (Å²) in [5.41, 5.74) is 2.30. The highest BCUT2D eigenvalue weighted by Gasteiger charge is 2.15. The predicted molar refractivity (Wildman–Crippen MR) is 85.2 cm³/mol. The standard InChI is InChI=1S/C16H16ClN3O2/c17-15-9-12(5-6-19-15)16(21)20-13-3-1-11(2-4-13)14-10-18-7-8-22-14/h1-6,9,14,18H,7-8,10H2,(H,20,21)/t14-/m0/s1. The maximum atomic E-state index is 12.1. The quantitative estimate of drug-likeness (QED) is 0.854. The van der Waals surface area contributed by atoms with Crippen molar-refractivity contribution in [3.63, 3.8) is 0 Å². The number of nitrogens with zero attached hydrogens (tertiary/aromatic N) is 1. The Morgan fingerprint density at radius 2 is 2.14 bits per heavy atom. The van der Waals surface area contributed by atoms with E-state index in [4.69, 9.17) is 16.3 Å². The molecule has 0 bridgehead atoms. The van der Waals surface area contributed by atoms with Crippen molar-refractivity contribution in [2.24, 2.45) is 0 Å². The number of rotatable bonds is 3. The molecule has 0 radical (unpaired) electrons. The number of pyridine rings is 1. The number of benzene rings is 1. The number of carbonyl (C=O) groups is 1. The largest absolute Gasteiger partial charge is 0.371 e. The predicted octanol–water partition coefficient (Wildman–Crippen LogP) is 2.65. The Balaban J connectivity index is 1.66. The fourth-order valence-electron chi connectivity index (χ4n) is 2.31. The molecule has 114 valence electrons. The SMILES string of the molecule is O=C(Nc1ccc([C@@H]2CNCCO2)cc1)c1ccnc(Cl)c1. The van der Waals surface area contributed by atoms with Gasteiger partial charge >= 0.3 is 0 Å². The Morgan fingerprint density at radius 3 is 2.82 bits per heavy atom. The highest BCUT2D eigenvalue weighted by Crippen LogP contribution is 2.21. The molecule has 2 aromatic rings. The van der Waals surface area contributed by atoms with Gasteiger partial charge in [-0.25, -0.2) is 4.98 Å². The van der Waals surface area contributed by atoms with E-state index in [9.17, 15) is 4.79 Å². The topological polar surface area (TPSA) is 63.2 Å². The third-order valence-corrected chi connectivity index (χ3v) is 3.66. The van der Waals surface area contributed by atoms with Crippen molar-refractivity contribution in [1.82, 2.24) is 10.3 Å². The zero-order valence-electron chi connectivity index (χ0n) is 11.9. The second-order valence-electron chi connectivity index (χ2n) is 5.01. The number of hydrogen-bond acceptors (Lipinski definition) is 4. The number of aromatic nitrogens is 1. The number of nitrogens with one attached hydrogen (secondary N) is 2. The summed E-state index contributed by atoms with van der Waals surface area (Å²) < 4.78 is 5.70. The van der Waals surface area contributed by atoms with E-state index in [1.165, 1.54) is 12.3 Å². The number of ether oxygens (including phenoxy) is 1. The molecule has 6 heteroatoms. The van der Waals surface area contributed by atoms with E-state index in [0.29, 0.717) is 17.3 Å². The molecule has 1 atom stereocenters. The molecular formula is C16H16ClN3O2. The minimum absolute atomic E-state index is 0.0671. The van der Waals surface area contributed by atoms with Gasteiger partial charge in [0.1, 0.15) is 5.15 Å². The van der Waals surface area contributed by atoms with Gasteiger partial charge in [-0.1, -0.05) is 23.7 Å². The zero-order chi connectivity index (χ0) is 15.4. The number of carbonyl (C=O) groups excluding carboxylic acids is 1. The molecule has 1 aromatic heterocycles. The summed E-state index contributed by atoms with van der Waals surface area (Å²) in [6, 6.07) is 10.8. The molecule has 1 aromatic carbocycles. The number of halogens is 1. The summed E-state index contributed by atoms with van der Waals surface area (Å²) >= 11 is 5.79. The number of morpholine rings is 1. The lowest BCUT2D eigenvalue weighted by atomic mass is 10.1. The Bertz CT molecular complexity index is 655. The summed E-state index contributed by atoms with van der Waals surface area (Å²) in [7, 11) is 0. The average molecular weight is 318 g/mol. The summed E-state index contributed by atoms with van der Waals surface area (Å²) in [4.78, 5) is 16.0. The van der Waals surface area contributed by atoms with Crippen LogP contribution >= 0.6 is 11.6 Å². The minimum Gasteiger partial charge on any atom is -0.371 e.